The van der Waals surface area contributed by atoms with E-state index in [-0.39, 0.29) is 16.7 Å². The summed E-state index contributed by atoms with van der Waals surface area (Å²) >= 11 is 0. The fourth-order valence-electron chi connectivity index (χ4n) is 5.42. The predicted octanol–water partition coefficient (Wildman–Crippen LogP) is 1.62. The van der Waals surface area contributed by atoms with Crippen LogP contribution in [0.2, 0.25) is 0 Å². The molecule has 1 aliphatic carbocycles. The minimum Gasteiger partial charge on any atom is -0.382 e. The summed E-state index contributed by atoms with van der Waals surface area (Å²) in [6.07, 6.45) is 11.4. The molecule has 2 saturated heterocycles. The van der Waals surface area contributed by atoms with Gasteiger partial charge in [-0.3, -0.25) is 4.90 Å². The van der Waals surface area contributed by atoms with Crippen LogP contribution in [0.1, 0.15) is 44.9 Å². The first kappa shape index (κ1) is 21.2. The van der Waals surface area contributed by atoms with Crippen LogP contribution in [0.15, 0.2) is 17.6 Å². The van der Waals surface area contributed by atoms with E-state index in [9.17, 15) is 8.42 Å². The molecule has 29 heavy (non-hydrogen) atoms. The van der Waals surface area contributed by atoms with Crippen LogP contribution in [0.5, 0.6) is 0 Å². The van der Waals surface area contributed by atoms with E-state index >= 15 is 0 Å². The fourth-order valence-corrected chi connectivity index (χ4v) is 6.85. The molecule has 3 fully saturated rings. The van der Waals surface area contributed by atoms with E-state index in [1.54, 1.807) is 29.2 Å². The smallest absolute Gasteiger partial charge is 0.262 e. The van der Waals surface area contributed by atoms with Crippen LogP contribution < -0.4 is 0 Å². The van der Waals surface area contributed by atoms with Gasteiger partial charge in [-0.05, 0) is 25.7 Å². The van der Waals surface area contributed by atoms with Gasteiger partial charge in [0, 0.05) is 51.6 Å². The van der Waals surface area contributed by atoms with Crippen molar-refractivity contribution >= 4 is 10.0 Å². The second-order valence-corrected chi connectivity index (χ2v) is 10.6. The molecule has 1 spiro atoms. The van der Waals surface area contributed by atoms with Crippen LogP contribution in [0, 0.1) is 0 Å². The maximum absolute atomic E-state index is 12.9. The SMILES string of the molecule is COCCOC1CN(C2CCN(S(=O)(=O)c3cn(C)cn3)CC2)C12CCCCC2. The third-order valence-corrected chi connectivity index (χ3v) is 8.79. The lowest BCUT2D eigenvalue weighted by Crippen LogP contribution is -2.75. The van der Waals surface area contributed by atoms with Crippen molar-refractivity contribution in [2.24, 2.45) is 7.05 Å². The summed E-state index contributed by atoms with van der Waals surface area (Å²) in [5.74, 6) is 0. The zero-order valence-electron chi connectivity index (χ0n) is 17.6. The number of rotatable bonds is 7. The van der Waals surface area contributed by atoms with Gasteiger partial charge < -0.3 is 14.0 Å². The molecular formula is C20H34N4O4S. The highest BCUT2D eigenvalue weighted by molar-refractivity contribution is 7.89. The van der Waals surface area contributed by atoms with Gasteiger partial charge in [0.15, 0.2) is 5.03 Å². The zero-order valence-corrected chi connectivity index (χ0v) is 18.4. The molecule has 0 bridgehead atoms. The van der Waals surface area contributed by atoms with Crippen molar-refractivity contribution in [3.8, 4) is 0 Å². The molecule has 9 heteroatoms. The summed E-state index contributed by atoms with van der Waals surface area (Å²) in [6.45, 7) is 3.37. The van der Waals surface area contributed by atoms with Gasteiger partial charge in [-0.15, -0.1) is 0 Å². The molecule has 1 aromatic heterocycles. The highest BCUT2D eigenvalue weighted by atomic mass is 32.2. The maximum Gasteiger partial charge on any atom is 0.262 e. The number of imidazole rings is 1. The van der Waals surface area contributed by atoms with E-state index in [1.807, 2.05) is 0 Å². The molecule has 3 heterocycles. The third-order valence-electron chi connectivity index (χ3n) is 7.01. The Morgan fingerprint density at radius 3 is 2.52 bits per heavy atom. The van der Waals surface area contributed by atoms with Gasteiger partial charge in [-0.25, -0.2) is 13.4 Å². The second kappa shape index (κ2) is 8.63. The van der Waals surface area contributed by atoms with Crippen molar-refractivity contribution in [1.82, 2.24) is 18.8 Å². The summed E-state index contributed by atoms with van der Waals surface area (Å²) in [4.78, 5) is 6.70. The number of likely N-dealkylation sites (tertiary alicyclic amines) is 1. The summed E-state index contributed by atoms with van der Waals surface area (Å²) in [5.41, 5.74) is 0.151. The Bertz CT molecular complexity index is 782. The lowest BCUT2D eigenvalue weighted by Gasteiger charge is -2.63. The molecule has 1 aromatic rings. The molecule has 8 nitrogen and oxygen atoms in total. The highest BCUT2D eigenvalue weighted by Gasteiger charge is 2.56. The minimum atomic E-state index is -3.49. The van der Waals surface area contributed by atoms with Gasteiger partial charge >= 0.3 is 0 Å². The van der Waals surface area contributed by atoms with E-state index in [4.69, 9.17) is 9.47 Å². The lowest BCUT2D eigenvalue weighted by atomic mass is 9.69. The lowest BCUT2D eigenvalue weighted by molar-refractivity contribution is -0.203. The number of ether oxygens (including phenoxy) is 2. The normalized spacial score (nSPS) is 26.6. The number of aryl methyl sites for hydroxylation is 1. The van der Waals surface area contributed by atoms with Crippen molar-refractivity contribution in [2.45, 2.75) is 67.7 Å². The zero-order chi connectivity index (χ0) is 20.5. The molecule has 0 radical (unpaired) electrons. The van der Waals surface area contributed by atoms with E-state index < -0.39 is 10.0 Å². The Hall–Kier alpha value is -1.00. The fraction of sp³-hybridized carbons (Fsp3) is 0.850. The Kier molecular flexibility index (Phi) is 6.32. The molecule has 3 aliphatic rings. The summed E-state index contributed by atoms with van der Waals surface area (Å²) in [6, 6.07) is 0.436. The van der Waals surface area contributed by atoms with Crippen LogP contribution in [-0.2, 0) is 26.5 Å². The first-order chi connectivity index (χ1) is 14.0. The Morgan fingerprint density at radius 1 is 1.17 bits per heavy atom. The number of aromatic nitrogens is 2. The van der Waals surface area contributed by atoms with Gasteiger partial charge in [0.1, 0.15) is 0 Å². The molecule has 1 saturated carbocycles. The van der Waals surface area contributed by atoms with Crippen molar-refractivity contribution in [3.05, 3.63) is 12.5 Å². The first-order valence-corrected chi connectivity index (χ1v) is 12.3. The van der Waals surface area contributed by atoms with E-state index in [0.717, 1.165) is 19.4 Å². The number of hydrogen-bond acceptors (Lipinski definition) is 6. The Balaban J connectivity index is 1.39. The average Bonchev–Trinajstić information content (AvgIpc) is 3.18. The second-order valence-electron chi connectivity index (χ2n) is 8.68. The predicted molar refractivity (Wildman–Crippen MR) is 109 cm³/mol. The van der Waals surface area contributed by atoms with Crippen LogP contribution in [0.4, 0.5) is 0 Å². The standard InChI is InChI=1S/C20H34N4O4S/c1-22-15-19(21-16-22)29(25,26)23-10-6-17(7-11-23)24-14-18(28-13-12-27-2)20(24)8-4-3-5-9-20/h15-18H,3-14H2,1-2H3. The molecule has 4 rings (SSSR count). The average molecular weight is 427 g/mol. The van der Waals surface area contributed by atoms with Crippen molar-refractivity contribution < 1.29 is 17.9 Å². The summed E-state index contributed by atoms with van der Waals surface area (Å²) in [7, 11) is 0.00269. The summed E-state index contributed by atoms with van der Waals surface area (Å²) in [5, 5.41) is 0.151. The quantitative estimate of drug-likeness (QED) is 0.617. The first-order valence-electron chi connectivity index (χ1n) is 10.8. The van der Waals surface area contributed by atoms with Gasteiger partial charge in [0.25, 0.3) is 10.0 Å². The topological polar surface area (TPSA) is 76.9 Å². The number of hydrogen-bond donors (Lipinski definition) is 0. The molecule has 1 atom stereocenters. The van der Waals surface area contributed by atoms with Gasteiger partial charge in [-0.2, -0.15) is 4.31 Å². The molecule has 0 N–H and O–H groups in total. The minimum absolute atomic E-state index is 0.151. The van der Waals surface area contributed by atoms with Gasteiger partial charge in [-0.1, -0.05) is 19.3 Å². The Labute approximate surface area is 174 Å². The van der Waals surface area contributed by atoms with E-state index in [1.165, 1.54) is 38.4 Å². The monoisotopic (exact) mass is 426 g/mol. The largest absolute Gasteiger partial charge is 0.382 e. The van der Waals surface area contributed by atoms with Crippen molar-refractivity contribution in [3.63, 3.8) is 0 Å². The van der Waals surface area contributed by atoms with Crippen molar-refractivity contribution in [1.29, 1.82) is 0 Å². The van der Waals surface area contributed by atoms with E-state index in [2.05, 4.69) is 9.88 Å². The number of nitrogens with zero attached hydrogens (tertiary/aromatic N) is 4. The van der Waals surface area contributed by atoms with Crippen LogP contribution in [0.25, 0.3) is 0 Å². The van der Waals surface area contributed by atoms with E-state index in [0.29, 0.717) is 32.3 Å². The number of methoxy groups -OCH3 is 1. The highest BCUT2D eigenvalue weighted by Crippen LogP contribution is 2.47. The maximum atomic E-state index is 12.9. The van der Waals surface area contributed by atoms with Crippen molar-refractivity contribution in [2.75, 3.05) is 40.0 Å². The number of sulfonamides is 1. The number of piperidine rings is 1. The molecule has 1 unspecified atom stereocenters. The van der Waals surface area contributed by atoms with Gasteiger partial charge in [0.2, 0.25) is 0 Å². The van der Waals surface area contributed by atoms with Gasteiger partial charge in [0.05, 0.1) is 25.6 Å². The molecular weight excluding hydrogens is 392 g/mol. The third kappa shape index (κ3) is 3.99. The Morgan fingerprint density at radius 2 is 1.90 bits per heavy atom. The molecule has 0 aromatic carbocycles. The van der Waals surface area contributed by atoms with Crippen LogP contribution >= 0.6 is 0 Å². The van der Waals surface area contributed by atoms with Crippen LogP contribution in [0.3, 0.4) is 0 Å². The van der Waals surface area contributed by atoms with Crippen LogP contribution in [-0.4, -0.2) is 84.8 Å². The molecule has 0 amide bonds. The molecule has 2 aliphatic heterocycles. The summed E-state index contributed by atoms with van der Waals surface area (Å²) < 4.78 is 40.3. The molecule has 164 valence electrons.